The van der Waals surface area contributed by atoms with Gasteiger partial charge in [0.05, 0.1) is 0 Å². The SMILES string of the molecule is CN[Si](C)(C)c1cc(C(C)(C)C)cc2c1Oc1c(cc(C(C)(C)C)cc1[Si](C)(C)Nc1cc(C)cc(C)c1)C2(C)C. The molecule has 0 bridgehead atoms. The van der Waals surface area contributed by atoms with E-state index in [4.69, 9.17) is 4.74 Å². The zero-order valence-electron chi connectivity index (χ0n) is 28.4. The number of benzene rings is 3. The van der Waals surface area contributed by atoms with Crippen LogP contribution in [-0.4, -0.2) is 23.5 Å². The Labute approximate surface area is 252 Å². The minimum absolute atomic E-state index is 0.0179. The van der Waals surface area contributed by atoms with E-state index < -0.39 is 16.5 Å². The number of hydrogen-bond acceptors (Lipinski definition) is 3. The fourth-order valence-electron chi connectivity index (χ4n) is 6.06. The quantitative estimate of drug-likeness (QED) is 0.294. The minimum Gasteiger partial charge on any atom is -0.457 e. The normalized spacial score (nSPS) is 15.2. The van der Waals surface area contributed by atoms with E-state index in [1.165, 1.54) is 49.4 Å². The van der Waals surface area contributed by atoms with E-state index in [2.05, 4.69) is 155 Å². The van der Waals surface area contributed by atoms with Crippen molar-refractivity contribution in [1.82, 2.24) is 4.98 Å². The number of anilines is 1. The van der Waals surface area contributed by atoms with Crippen molar-refractivity contribution >= 4 is 32.5 Å². The summed E-state index contributed by atoms with van der Waals surface area (Å²) in [7, 11) is -2.11. The predicted molar refractivity (Wildman–Crippen MR) is 185 cm³/mol. The molecule has 0 saturated heterocycles. The van der Waals surface area contributed by atoms with Crippen LogP contribution in [0.5, 0.6) is 11.5 Å². The maximum absolute atomic E-state index is 7.26. The van der Waals surface area contributed by atoms with Crippen molar-refractivity contribution in [3.8, 4) is 11.5 Å². The Hall–Kier alpha value is -2.35. The molecule has 0 saturated carbocycles. The van der Waals surface area contributed by atoms with Crippen LogP contribution in [-0.2, 0) is 16.2 Å². The largest absolute Gasteiger partial charge is 0.457 e. The second-order valence-electron chi connectivity index (χ2n) is 16.0. The molecule has 3 aromatic rings. The number of ether oxygens (including phenoxy) is 1. The van der Waals surface area contributed by atoms with Crippen LogP contribution in [0.3, 0.4) is 0 Å². The highest BCUT2D eigenvalue weighted by atomic mass is 28.3. The number of aryl methyl sites for hydroxylation is 2. The molecule has 0 amide bonds. The highest BCUT2D eigenvalue weighted by molar-refractivity contribution is 6.93. The second-order valence-corrected chi connectivity index (χ2v) is 24.4. The summed E-state index contributed by atoms with van der Waals surface area (Å²) in [5.74, 6) is 2.14. The summed E-state index contributed by atoms with van der Waals surface area (Å²) in [6.07, 6.45) is 0. The van der Waals surface area contributed by atoms with E-state index >= 15 is 0 Å². The fourth-order valence-corrected chi connectivity index (χ4v) is 9.87. The third-order valence-electron chi connectivity index (χ3n) is 9.11. The maximum Gasteiger partial charge on any atom is 0.183 e. The highest BCUT2D eigenvalue weighted by Gasteiger charge is 2.43. The molecule has 4 rings (SSSR count). The van der Waals surface area contributed by atoms with E-state index in [9.17, 15) is 0 Å². The highest BCUT2D eigenvalue weighted by Crippen LogP contribution is 2.49. The summed E-state index contributed by atoms with van der Waals surface area (Å²) in [5, 5.41) is 2.70. The minimum atomic E-state index is -2.23. The smallest absolute Gasteiger partial charge is 0.183 e. The van der Waals surface area contributed by atoms with Crippen LogP contribution < -0.4 is 25.1 Å². The van der Waals surface area contributed by atoms with Gasteiger partial charge in [-0.3, -0.25) is 0 Å². The van der Waals surface area contributed by atoms with E-state index in [0.29, 0.717) is 0 Å². The van der Waals surface area contributed by atoms with Crippen molar-refractivity contribution in [3.63, 3.8) is 0 Å². The topological polar surface area (TPSA) is 33.3 Å². The van der Waals surface area contributed by atoms with Crippen LogP contribution in [0.25, 0.3) is 0 Å². The zero-order valence-corrected chi connectivity index (χ0v) is 30.4. The van der Waals surface area contributed by atoms with Gasteiger partial charge < -0.3 is 14.7 Å². The molecule has 0 atom stereocenters. The summed E-state index contributed by atoms with van der Waals surface area (Å²) in [6, 6.07) is 16.5. The molecule has 0 aromatic heterocycles. The number of fused-ring (bicyclic) bond motifs is 2. The van der Waals surface area contributed by atoms with Gasteiger partial charge in [0.2, 0.25) is 0 Å². The van der Waals surface area contributed by atoms with Crippen LogP contribution in [0, 0.1) is 13.8 Å². The van der Waals surface area contributed by atoms with Gasteiger partial charge in [0.25, 0.3) is 0 Å². The lowest BCUT2D eigenvalue weighted by molar-refractivity contribution is 0.421. The molecule has 1 heterocycles. The molecule has 3 nitrogen and oxygen atoms in total. The molecule has 41 heavy (non-hydrogen) atoms. The molecule has 0 spiro atoms. The van der Waals surface area contributed by atoms with Gasteiger partial charge in [0.1, 0.15) is 11.5 Å². The Morgan fingerprint density at radius 2 is 1.05 bits per heavy atom. The average Bonchev–Trinajstić information content (AvgIpc) is 2.80. The first-order valence-corrected chi connectivity index (χ1v) is 21.2. The van der Waals surface area contributed by atoms with Gasteiger partial charge in [0.15, 0.2) is 16.5 Å². The molecule has 3 aromatic carbocycles. The van der Waals surface area contributed by atoms with E-state index in [0.717, 1.165) is 11.5 Å². The van der Waals surface area contributed by atoms with Gasteiger partial charge in [-0.25, -0.2) is 0 Å². The van der Waals surface area contributed by atoms with E-state index in [1.54, 1.807) is 0 Å². The summed E-state index contributed by atoms with van der Waals surface area (Å²) in [6.45, 7) is 32.7. The Morgan fingerprint density at radius 1 is 0.634 bits per heavy atom. The molecule has 0 unspecified atom stereocenters. The second kappa shape index (κ2) is 10.1. The van der Waals surface area contributed by atoms with Gasteiger partial charge in [-0.15, -0.1) is 0 Å². The Balaban J connectivity index is 2.04. The van der Waals surface area contributed by atoms with E-state index in [-0.39, 0.29) is 16.2 Å². The third-order valence-corrected chi connectivity index (χ3v) is 14.7. The molecule has 1 aliphatic heterocycles. The average molecular weight is 587 g/mol. The molecular weight excluding hydrogens is 533 g/mol. The first-order valence-electron chi connectivity index (χ1n) is 15.2. The Morgan fingerprint density at radius 3 is 1.44 bits per heavy atom. The van der Waals surface area contributed by atoms with Crippen molar-refractivity contribution < 1.29 is 4.74 Å². The lowest BCUT2D eigenvalue weighted by Crippen LogP contribution is -2.55. The van der Waals surface area contributed by atoms with Crippen LogP contribution in [0.15, 0.2) is 42.5 Å². The van der Waals surface area contributed by atoms with Crippen LogP contribution in [0.2, 0.25) is 26.2 Å². The standard InChI is InChI=1S/C36H54N2OSi2/c1-23-16-24(2)18-27(17-23)38-41(14,15)31-22-26(35(6,7)8)20-29-33(31)39-32-28(36(29,9)10)19-25(34(3,4)5)21-30(32)40(12,13)37-11/h16-22,37-38H,1-15H3. The molecule has 0 fully saturated rings. The van der Waals surface area contributed by atoms with Crippen LogP contribution in [0.4, 0.5) is 5.69 Å². The first-order chi connectivity index (χ1) is 18.6. The summed E-state index contributed by atoms with van der Waals surface area (Å²) >= 11 is 0. The van der Waals surface area contributed by atoms with Gasteiger partial charge in [0, 0.05) is 27.4 Å². The Bertz CT molecular complexity index is 1470. The lowest BCUT2D eigenvalue weighted by Gasteiger charge is -2.42. The third kappa shape index (κ3) is 5.96. The molecular formula is C36H54N2OSi2. The molecule has 2 N–H and O–H groups in total. The number of rotatable bonds is 5. The monoisotopic (exact) mass is 586 g/mol. The van der Waals surface area contributed by atoms with Crippen molar-refractivity contribution in [2.75, 3.05) is 12.0 Å². The Kier molecular flexibility index (Phi) is 7.81. The van der Waals surface area contributed by atoms with Crippen molar-refractivity contribution in [1.29, 1.82) is 0 Å². The van der Waals surface area contributed by atoms with E-state index in [1.807, 2.05) is 0 Å². The molecule has 1 aliphatic rings. The molecule has 0 radical (unpaired) electrons. The van der Waals surface area contributed by atoms with Crippen molar-refractivity contribution in [2.24, 2.45) is 0 Å². The summed E-state index contributed by atoms with van der Waals surface area (Å²) in [5.41, 5.74) is 8.97. The number of hydrogen-bond donors (Lipinski definition) is 2. The predicted octanol–water partition coefficient (Wildman–Crippen LogP) is 8.49. The first kappa shape index (κ1) is 31.6. The molecule has 5 heteroatoms. The van der Waals surface area contributed by atoms with Gasteiger partial charge >= 0.3 is 0 Å². The fraction of sp³-hybridized carbons (Fsp3) is 0.500. The van der Waals surface area contributed by atoms with Crippen LogP contribution >= 0.6 is 0 Å². The molecule has 0 aliphatic carbocycles. The number of nitrogens with one attached hydrogen (secondary N) is 2. The van der Waals surface area contributed by atoms with Gasteiger partial charge in [-0.05, 0) is 84.4 Å². The zero-order chi connectivity index (χ0) is 30.9. The summed E-state index contributed by atoms with van der Waals surface area (Å²) < 4.78 is 7.26. The lowest BCUT2D eigenvalue weighted by atomic mass is 9.72. The molecule has 222 valence electrons. The van der Waals surface area contributed by atoms with Crippen LogP contribution in [0.1, 0.15) is 88.8 Å². The van der Waals surface area contributed by atoms with Crippen molar-refractivity contribution in [2.45, 2.75) is 112 Å². The maximum atomic E-state index is 7.26. The van der Waals surface area contributed by atoms with Gasteiger partial charge in [-0.1, -0.05) is 98.8 Å². The van der Waals surface area contributed by atoms with Gasteiger partial charge in [-0.2, -0.15) is 0 Å². The summed E-state index contributed by atoms with van der Waals surface area (Å²) in [4.78, 5) is 7.75. The van der Waals surface area contributed by atoms with Crippen molar-refractivity contribution in [3.05, 3.63) is 75.8 Å².